The number of hydrogen-bond acceptors (Lipinski definition) is 3. The van der Waals surface area contributed by atoms with Gasteiger partial charge in [-0.25, -0.2) is 0 Å². The van der Waals surface area contributed by atoms with E-state index in [-0.39, 0.29) is 11.9 Å². The molecule has 0 unspecified atom stereocenters. The monoisotopic (exact) mass is 376 g/mol. The summed E-state index contributed by atoms with van der Waals surface area (Å²) in [6.45, 7) is 2.39. The van der Waals surface area contributed by atoms with Gasteiger partial charge in [0.1, 0.15) is 12.4 Å². The van der Waals surface area contributed by atoms with Crippen molar-refractivity contribution in [1.82, 2.24) is 0 Å². The maximum absolute atomic E-state index is 12.6. The van der Waals surface area contributed by atoms with E-state index in [2.05, 4.69) is 5.32 Å². The zero-order valence-corrected chi connectivity index (χ0v) is 16.5. The van der Waals surface area contributed by atoms with Gasteiger partial charge in [0.25, 0.3) is 5.91 Å². The molecule has 0 saturated heterocycles. The number of anilines is 2. The molecule has 5 nitrogen and oxygen atoms in total. The van der Waals surface area contributed by atoms with Crippen molar-refractivity contribution in [2.75, 3.05) is 24.3 Å². The topological polar surface area (TPSA) is 45.5 Å². The van der Waals surface area contributed by atoms with Crippen molar-refractivity contribution < 1.29 is 14.1 Å². The summed E-state index contributed by atoms with van der Waals surface area (Å²) in [5.41, 5.74) is 2.95. The van der Waals surface area contributed by atoms with E-state index in [4.69, 9.17) is 4.74 Å². The summed E-state index contributed by atoms with van der Waals surface area (Å²) < 4.78 is 7.67. The Hall–Kier alpha value is -3.34. The molecule has 144 valence electrons. The van der Waals surface area contributed by atoms with Crippen LogP contribution >= 0.6 is 0 Å². The van der Waals surface area contributed by atoms with Crippen LogP contribution in [0.2, 0.25) is 0 Å². The van der Waals surface area contributed by atoms with Crippen LogP contribution < -0.4 is 19.5 Å². The molecule has 2 aromatic carbocycles. The van der Waals surface area contributed by atoms with Gasteiger partial charge in [-0.2, -0.15) is 4.57 Å². The Balaban J connectivity index is 1.56. The standard InChI is InChI=1S/C23H25N3O2/c1-18(26-15-13-21(14-16-26)25(2)3)23(27)24-20-9-11-22(12-10-20)28-17-19-7-5-4-6-8-19/h4-16,18H,17H2,1-3H3/p+1/t18-/m0/s1. The fraction of sp³-hybridized carbons (Fsp3) is 0.217. The lowest BCUT2D eigenvalue weighted by Crippen LogP contribution is -2.44. The summed E-state index contributed by atoms with van der Waals surface area (Å²) in [6.07, 6.45) is 3.83. The van der Waals surface area contributed by atoms with Gasteiger partial charge >= 0.3 is 0 Å². The number of nitrogens with one attached hydrogen (secondary N) is 1. The maximum Gasteiger partial charge on any atom is 0.293 e. The number of carbonyl (C=O) groups excluding carboxylic acids is 1. The molecule has 0 spiro atoms. The molecule has 0 aliphatic rings. The number of benzene rings is 2. The lowest BCUT2D eigenvalue weighted by atomic mass is 10.2. The highest BCUT2D eigenvalue weighted by Gasteiger charge is 2.21. The Kier molecular flexibility index (Phi) is 6.27. The van der Waals surface area contributed by atoms with Gasteiger partial charge in [0.15, 0.2) is 12.4 Å². The van der Waals surface area contributed by atoms with Crippen LogP contribution in [0.4, 0.5) is 11.4 Å². The van der Waals surface area contributed by atoms with E-state index in [0.29, 0.717) is 6.61 Å². The van der Waals surface area contributed by atoms with Gasteiger partial charge in [-0.3, -0.25) is 4.79 Å². The van der Waals surface area contributed by atoms with Gasteiger partial charge in [0, 0.05) is 44.5 Å². The fourth-order valence-corrected chi connectivity index (χ4v) is 2.74. The summed E-state index contributed by atoms with van der Waals surface area (Å²) in [6, 6.07) is 21.1. The van der Waals surface area contributed by atoms with Gasteiger partial charge in [-0.05, 0) is 29.8 Å². The van der Waals surface area contributed by atoms with E-state index < -0.39 is 0 Å². The number of rotatable bonds is 7. The predicted octanol–water partition coefficient (Wildman–Crippen LogP) is 3.82. The Labute approximate surface area is 166 Å². The average molecular weight is 376 g/mol. The molecule has 28 heavy (non-hydrogen) atoms. The molecule has 3 rings (SSSR count). The highest BCUT2D eigenvalue weighted by atomic mass is 16.5. The van der Waals surface area contributed by atoms with Crippen molar-refractivity contribution in [2.45, 2.75) is 19.6 Å². The molecular weight excluding hydrogens is 350 g/mol. The molecule has 0 bridgehead atoms. The van der Waals surface area contributed by atoms with Crippen molar-refractivity contribution in [1.29, 1.82) is 0 Å². The number of pyridine rings is 1. The van der Waals surface area contributed by atoms with E-state index in [0.717, 1.165) is 22.7 Å². The number of aromatic nitrogens is 1. The average Bonchev–Trinajstić information content (AvgIpc) is 2.73. The second-order valence-corrected chi connectivity index (χ2v) is 6.86. The largest absolute Gasteiger partial charge is 0.489 e. The van der Waals surface area contributed by atoms with Crippen LogP contribution in [-0.2, 0) is 11.4 Å². The molecule has 1 amide bonds. The molecule has 3 aromatic rings. The molecule has 0 saturated carbocycles. The van der Waals surface area contributed by atoms with Gasteiger partial charge in [0.05, 0.1) is 0 Å². The summed E-state index contributed by atoms with van der Waals surface area (Å²) >= 11 is 0. The fourth-order valence-electron chi connectivity index (χ4n) is 2.74. The van der Waals surface area contributed by atoms with Crippen molar-refractivity contribution in [3.63, 3.8) is 0 Å². The molecule has 1 atom stereocenters. The normalized spacial score (nSPS) is 11.5. The number of carbonyl (C=O) groups is 1. The first-order valence-electron chi connectivity index (χ1n) is 9.29. The van der Waals surface area contributed by atoms with E-state index in [1.54, 1.807) is 0 Å². The van der Waals surface area contributed by atoms with E-state index in [1.165, 1.54) is 0 Å². The summed E-state index contributed by atoms with van der Waals surface area (Å²) in [4.78, 5) is 14.6. The third-order valence-corrected chi connectivity index (χ3v) is 4.55. The van der Waals surface area contributed by atoms with Crippen LogP contribution in [0.25, 0.3) is 0 Å². The SMILES string of the molecule is C[C@@H](C(=O)Nc1ccc(OCc2ccccc2)cc1)[n+]1ccc(N(C)C)cc1. The van der Waals surface area contributed by atoms with Crippen LogP contribution in [-0.4, -0.2) is 20.0 Å². The molecule has 0 radical (unpaired) electrons. The first-order chi connectivity index (χ1) is 13.5. The summed E-state index contributed by atoms with van der Waals surface area (Å²) in [7, 11) is 3.98. The van der Waals surface area contributed by atoms with E-state index >= 15 is 0 Å². The number of nitrogens with zero attached hydrogens (tertiary/aromatic N) is 2. The molecule has 0 aliphatic heterocycles. The van der Waals surface area contributed by atoms with Gasteiger partial charge in [-0.1, -0.05) is 30.3 Å². The first-order valence-corrected chi connectivity index (χ1v) is 9.29. The second-order valence-electron chi connectivity index (χ2n) is 6.86. The van der Waals surface area contributed by atoms with Gasteiger partial charge in [-0.15, -0.1) is 0 Å². The van der Waals surface area contributed by atoms with Crippen molar-refractivity contribution >= 4 is 17.3 Å². The molecule has 0 fully saturated rings. The lowest BCUT2D eigenvalue weighted by Gasteiger charge is -2.13. The third-order valence-electron chi connectivity index (χ3n) is 4.55. The highest BCUT2D eigenvalue weighted by molar-refractivity contribution is 5.92. The zero-order chi connectivity index (χ0) is 19.9. The zero-order valence-electron chi connectivity index (χ0n) is 16.5. The quantitative estimate of drug-likeness (QED) is 0.638. The molecule has 1 heterocycles. The predicted molar refractivity (Wildman–Crippen MR) is 112 cm³/mol. The minimum Gasteiger partial charge on any atom is -0.489 e. The molecule has 1 aromatic heterocycles. The Morgan fingerprint density at radius 3 is 2.25 bits per heavy atom. The van der Waals surface area contributed by atoms with Gasteiger partial charge < -0.3 is 15.0 Å². The van der Waals surface area contributed by atoms with Crippen LogP contribution in [0.3, 0.4) is 0 Å². The van der Waals surface area contributed by atoms with Crippen molar-refractivity contribution in [3.8, 4) is 5.75 Å². The molecule has 1 N–H and O–H groups in total. The number of ether oxygens (including phenoxy) is 1. The minimum absolute atomic E-state index is 0.0689. The van der Waals surface area contributed by atoms with Crippen molar-refractivity contribution in [3.05, 3.63) is 84.7 Å². The number of hydrogen-bond donors (Lipinski definition) is 1. The Morgan fingerprint density at radius 2 is 1.64 bits per heavy atom. The Bertz CT molecular complexity index is 891. The summed E-state index contributed by atoms with van der Waals surface area (Å²) in [5.74, 6) is 0.698. The minimum atomic E-state index is -0.315. The highest BCUT2D eigenvalue weighted by Crippen LogP contribution is 2.18. The lowest BCUT2D eigenvalue weighted by molar-refractivity contribution is -0.705. The molecule has 5 heteroatoms. The maximum atomic E-state index is 12.6. The Morgan fingerprint density at radius 1 is 1.00 bits per heavy atom. The molecular formula is C23H26N3O2+. The molecule has 0 aliphatic carbocycles. The van der Waals surface area contributed by atoms with E-state index in [9.17, 15) is 4.79 Å². The van der Waals surface area contributed by atoms with Crippen molar-refractivity contribution in [2.24, 2.45) is 0 Å². The van der Waals surface area contributed by atoms with Gasteiger partial charge in [0.2, 0.25) is 6.04 Å². The smallest absolute Gasteiger partial charge is 0.293 e. The van der Waals surface area contributed by atoms with Crippen LogP contribution in [0.15, 0.2) is 79.1 Å². The first kappa shape index (κ1) is 19.4. The third kappa shape index (κ3) is 5.10. The second kappa shape index (κ2) is 9.04. The van der Waals surface area contributed by atoms with E-state index in [1.807, 2.05) is 110 Å². The number of amides is 1. The van der Waals surface area contributed by atoms with Crippen LogP contribution in [0.1, 0.15) is 18.5 Å². The summed E-state index contributed by atoms with van der Waals surface area (Å²) in [5, 5.41) is 2.95. The van der Waals surface area contributed by atoms with Crippen LogP contribution in [0.5, 0.6) is 5.75 Å². The van der Waals surface area contributed by atoms with Crippen LogP contribution in [0, 0.1) is 0 Å².